The zero-order valence-electron chi connectivity index (χ0n) is 26.1. The fourth-order valence-corrected chi connectivity index (χ4v) is 6.42. The number of rotatable bonds is 14. The number of methoxy groups -OCH3 is 1. The molecule has 0 aliphatic heterocycles. The number of ether oxygens (including phenoxy) is 1. The molecule has 0 spiro atoms. The maximum absolute atomic E-state index is 14.4. The zero-order valence-corrected chi connectivity index (χ0v) is 26.9. The molecule has 0 radical (unpaired) electrons. The standard InChI is InChI=1S/C34H35FN4O7S/c1-4-36-34(41)32(20-25-8-6-5-7-9-25)37(22-26-11-13-27(35)14-12-26)33(40)23-38(28-15-17-29(46-3)18-16-28)47(44,45)30-19-10-24(2)31(21-30)39(42)43/h5-19,21,32H,4,20,22-23H2,1-3H3,(H,36,41)/t32-/m0/s1. The van der Waals surface area contributed by atoms with Crippen LogP contribution in [-0.4, -0.2) is 56.3 Å². The van der Waals surface area contributed by atoms with E-state index in [1.54, 1.807) is 19.1 Å². The summed E-state index contributed by atoms with van der Waals surface area (Å²) in [6.45, 7) is 2.60. The highest BCUT2D eigenvalue weighted by Crippen LogP contribution is 2.30. The Bertz CT molecular complexity index is 1820. The van der Waals surface area contributed by atoms with Gasteiger partial charge in [0.1, 0.15) is 24.2 Å². The lowest BCUT2D eigenvalue weighted by Crippen LogP contribution is -2.53. The number of carbonyl (C=O) groups excluding carboxylic acids is 2. The number of carbonyl (C=O) groups is 2. The monoisotopic (exact) mass is 662 g/mol. The number of benzene rings is 4. The Morgan fingerprint density at radius 3 is 2.21 bits per heavy atom. The molecule has 246 valence electrons. The van der Waals surface area contributed by atoms with E-state index in [1.807, 2.05) is 18.2 Å². The first kappa shape index (κ1) is 34.6. The number of anilines is 1. The highest BCUT2D eigenvalue weighted by molar-refractivity contribution is 7.92. The number of nitrogens with zero attached hydrogens (tertiary/aromatic N) is 3. The Morgan fingerprint density at radius 1 is 0.957 bits per heavy atom. The van der Waals surface area contributed by atoms with Crippen molar-refractivity contribution in [2.45, 2.75) is 37.8 Å². The second kappa shape index (κ2) is 15.3. The minimum absolute atomic E-state index is 0.0849. The number of hydrogen-bond acceptors (Lipinski definition) is 7. The van der Waals surface area contributed by atoms with Gasteiger partial charge in [-0.15, -0.1) is 0 Å². The van der Waals surface area contributed by atoms with Crippen molar-refractivity contribution in [3.05, 3.63) is 130 Å². The largest absolute Gasteiger partial charge is 0.497 e. The fourth-order valence-electron chi connectivity index (χ4n) is 4.98. The highest BCUT2D eigenvalue weighted by Gasteiger charge is 2.35. The number of nitro groups is 1. The zero-order chi connectivity index (χ0) is 34.1. The van der Waals surface area contributed by atoms with E-state index in [4.69, 9.17) is 4.74 Å². The van der Waals surface area contributed by atoms with E-state index in [2.05, 4.69) is 5.32 Å². The van der Waals surface area contributed by atoms with Crippen molar-refractivity contribution in [3.8, 4) is 5.75 Å². The van der Waals surface area contributed by atoms with E-state index in [9.17, 15) is 32.5 Å². The number of halogens is 1. The maximum atomic E-state index is 14.4. The van der Waals surface area contributed by atoms with Gasteiger partial charge in [0.15, 0.2) is 0 Å². The average Bonchev–Trinajstić information content (AvgIpc) is 3.06. The third-order valence-electron chi connectivity index (χ3n) is 7.49. The molecule has 13 heteroatoms. The number of likely N-dealkylation sites (N-methyl/N-ethyl adjacent to an activating group) is 1. The van der Waals surface area contributed by atoms with Crippen LogP contribution in [0.4, 0.5) is 15.8 Å². The van der Waals surface area contributed by atoms with Crippen LogP contribution in [0.25, 0.3) is 0 Å². The van der Waals surface area contributed by atoms with Crippen LogP contribution in [0.1, 0.15) is 23.6 Å². The minimum atomic E-state index is -4.58. The smallest absolute Gasteiger partial charge is 0.273 e. The van der Waals surface area contributed by atoms with Crippen LogP contribution < -0.4 is 14.4 Å². The van der Waals surface area contributed by atoms with Crippen LogP contribution >= 0.6 is 0 Å². The predicted molar refractivity (Wildman–Crippen MR) is 175 cm³/mol. The van der Waals surface area contributed by atoms with Crippen LogP contribution in [0.2, 0.25) is 0 Å². The normalized spacial score (nSPS) is 11.7. The number of sulfonamides is 1. The molecule has 1 N–H and O–H groups in total. The third kappa shape index (κ3) is 8.50. The van der Waals surface area contributed by atoms with Gasteiger partial charge in [-0.25, -0.2) is 12.8 Å². The van der Waals surface area contributed by atoms with Gasteiger partial charge in [-0.3, -0.25) is 24.0 Å². The second-order valence-corrected chi connectivity index (χ2v) is 12.5. The molecule has 0 saturated heterocycles. The molecule has 0 fully saturated rings. The van der Waals surface area contributed by atoms with Crippen molar-refractivity contribution in [2.75, 3.05) is 24.5 Å². The Morgan fingerprint density at radius 2 is 1.62 bits per heavy atom. The van der Waals surface area contributed by atoms with Crippen LogP contribution in [0.15, 0.2) is 102 Å². The van der Waals surface area contributed by atoms with E-state index in [0.29, 0.717) is 11.3 Å². The fraction of sp³-hybridized carbons (Fsp3) is 0.235. The van der Waals surface area contributed by atoms with Gasteiger partial charge in [-0.2, -0.15) is 0 Å². The summed E-state index contributed by atoms with van der Waals surface area (Å²) in [7, 11) is -3.13. The SMILES string of the molecule is CCNC(=O)[C@H](Cc1ccccc1)N(Cc1ccc(F)cc1)C(=O)CN(c1ccc(OC)cc1)S(=O)(=O)c1ccc(C)c([N+](=O)[O-])c1. The number of amides is 2. The molecular weight excluding hydrogens is 627 g/mol. The lowest BCUT2D eigenvalue weighted by molar-refractivity contribution is -0.385. The molecule has 47 heavy (non-hydrogen) atoms. The van der Waals surface area contributed by atoms with Crippen LogP contribution in [0.5, 0.6) is 5.75 Å². The first-order chi connectivity index (χ1) is 22.4. The third-order valence-corrected chi connectivity index (χ3v) is 9.26. The quantitative estimate of drug-likeness (QED) is 0.148. The summed E-state index contributed by atoms with van der Waals surface area (Å²) in [5.74, 6) is -1.25. The molecule has 0 aromatic heterocycles. The lowest BCUT2D eigenvalue weighted by Gasteiger charge is -2.33. The molecule has 0 unspecified atom stereocenters. The summed E-state index contributed by atoms with van der Waals surface area (Å²) in [5.41, 5.74) is 1.21. The number of hydrogen-bond donors (Lipinski definition) is 1. The lowest BCUT2D eigenvalue weighted by atomic mass is 10.0. The summed E-state index contributed by atoms with van der Waals surface area (Å²) in [5, 5.41) is 14.4. The molecule has 4 aromatic carbocycles. The van der Waals surface area contributed by atoms with Crippen molar-refractivity contribution >= 4 is 33.2 Å². The Hall–Kier alpha value is -5.30. The molecule has 0 bridgehead atoms. The predicted octanol–water partition coefficient (Wildman–Crippen LogP) is 5.02. The van der Waals surface area contributed by atoms with Gasteiger partial charge in [-0.1, -0.05) is 48.5 Å². The van der Waals surface area contributed by atoms with Gasteiger partial charge < -0.3 is 15.0 Å². The maximum Gasteiger partial charge on any atom is 0.273 e. The first-order valence-electron chi connectivity index (χ1n) is 14.7. The molecule has 4 rings (SSSR count). The van der Waals surface area contributed by atoms with Crippen LogP contribution in [0, 0.1) is 22.9 Å². The second-order valence-electron chi connectivity index (χ2n) is 10.7. The molecule has 0 aliphatic rings. The van der Waals surface area contributed by atoms with Crippen LogP contribution in [-0.2, 0) is 32.6 Å². The van der Waals surface area contributed by atoms with E-state index in [0.717, 1.165) is 15.9 Å². The highest BCUT2D eigenvalue weighted by atomic mass is 32.2. The Labute approximate surface area is 272 Å². The Balaban J connectivity index is 1.83. The van der Waals surface area contributed by atoms with Gasteiger partial charge in [0.2, 0.25) is 11.8 Å². The number of aryl methyl sites for hydroxylation is 1. The number of nitro benzene ring substituents is 1. The molecule has 0 heterocycles. The molecule has 4 aromatic rings. The van der Waals surface area contributed by atoms with Crippen molar-refractivity contribution < 1.29 is 32.1 Å². The van der Waals surface area contributed by atoms with Crippen molar-refractivity contribution in [2.24, 2.45) is 0 Å². The summed E-state index contributed by atoms with van der Waals surface area (Å²) in [6, 6.07) is 22.8. The van der Waals surface area contributed by atoms with Crippen molar-refractivity contribution in [3.63, 3.8) is 0 Å². The van der Waals surface area contributed by atoms with Crippen LogP contribution in [0.3, 0.4) is 0 Å². The minimum Gasteiger partial charge on any atom is -0.497 e. The van der Waals surface area contributed by atoms with Gasteiger partial charge in [-0.05, 0) is 67.4 Å². The molecule has 11 nitrogen and oxygen atoms in total. The Kier molecular flexibility index (Phi) is 11.3. The van der Waals surface area contributed by atoms with E-state index in [-0.39, 0.29) is 30.8 Å². The van der Waals surface area contributed by atoms with Crippen molar-refractivity contribution in [1.82, 2.24) is 10.2 Å². The topological polar surface area (TPSA) is 139 Å². The van der Waals surface area contributed by atoms with E-state index >= 15 is 0 Å². The van der Waals surface area contributed by atoms with E-state index < -0.39 is 55.7 Å². The van der Waals surface area contributed by atoms with Gasteiger partial charge >= 0.3 is 0 Å². The number of nitrogens with one attached hydrogen (secondary N) is 1. The molecule has 0 saturated carbocycles. The van der Waals surface area contributed by atoms with E-state index in [1.165, 1.54) is 79.6 Å². The first-order valence-corrected chi connectivity index (χ1v) is 16.2. The van der Waals surface area contributed by atoms with Gasteiger partial charge in [0.25, 0.3) is 15.7 Å². The summed E-state index contributed by atoms with van der Waals surface area (Å²) in [6.07, 6.45) is 0.110. The molecule has 0 aliphatic carbocycles. The summed E-state index contributed by atoms with van der Waals surface area (Å²) in [4.78, 5) is 39.8. The van der Waals surface area contributed by atoms with Crippen molar-refractivity contribution in [1.29, 1.82) is 0 Å². The average molecular weight is 663 g/mol. The van der Waals surface area contributed by atoms with Gasteiger partial charge in [0, 0.05) is 31.1 Å². The molecular formula is C34H35FN4O7S. The summed E-state index contributed by atoms with van der Waals surface area (Å²) < 4.78 is 48.3. The summed E-state index contributed by atoms with van der Waals surface area (Å²) >= 11 is 0. The molecule has 1 atom stereocenters. The van der Waals surface area contributed by atoms with Gasteiger partial charge in [0.05, 0.1) is 22.6 Å². The molecule has 2 amide bonds.